The van der Waals surface area contributed by atoms with Crippen LogP contribution < -0.4 is 14.8 Å². The standard InChI is InChI=1S/C22H21NO4/c24-19(16-10-12-21-18(13-16)23-22(25)14-26-21)11-9-15-5-1-4-8-20(15)27-17-6-2-3-7-17/h1,4-5,8-13,17H,2-3,6-7,14H2,(H,23,25). The first-order valence-electron chi connectivity index (χ1n) is 9.24. The molecule has 2 aliphatic rings. The number of fused-ring (bicyclic) bond motifs is 1. The molecule has 0 spiro atoms. The third kappa shape index (κ3) is 4.03. The van der Waals surface area contributed by atoms with Crippen molar-refractivity contribution < 1.29 is 19.1 Å². The second-order valence-corrected chi connectivity index (χ2v) is 6.81. The number of hydrogen-bond acceptors (Lipinski definition) is 4. The Balaban J connectivity index is 1.50. The van der Waals surface area contributed by atoms with Crippen molar-refractivity contribution in [3.8, 4) is 11.5 Å². The number of ether oxygens (including phenoxy) is 2. The zero-order valence-electron chi connectivity index (χ0n) is 14.9. The van der Waals surface area contributed by atoms with Crippen LogP contribution in [0, 0.1) is 0 Å². The van der Waals surface area contributed by atoms with E-state index in [0.717, 1.165) is 24.2 Å². The van der Waals surface area contributed by atoms with E-state index in [1.807, 2.05) is 24.3 Å². The van der Waals surface area contributed by atoms with E-state index in [2.05, 4.69) is 5.32 Å². The fourth-order valence-corrected chi connectivity index (χ4v) is 3.41. The van der Waals surface area contributed by atoms with Crippen LogP contribution in [-0.2, 0) is 4.79 Å². The molecule has 0 bridgehead atoms. The van der Waals surface area contributed by atoms with E-state index < -0.39 is 0 Å². The molecular weight excluding hydrogens is 342 g/mol. The van der Waals surface area contributed by atoms with E-state index in [9.17, 15) is 9.59 Å². The summed E-state index contributed by atoms with van der Waals surface area (Å²) in [7, 11) is 0. The Morgan fingerprint density at radius 2 is 1.96 bits per heavy atom. The minimum Gasteiger partial charge on any atom is -0.490 e. The third-order valence-corrected chi connectivity index (χ3v) is 4.83. The van der Waals surface area contributed by atoms with Crippen molar-refractivity contribution in [3.63, 3.8) is 0 Å². The van der Waals surface area contributed by atoms with Gasteiger partial charge in [-0.25, -0.2) is 0 Å². The maximum atomic E-state index is 12.6. The van der Waals surface area contributed by atoms with Crippen molar-refractivity contribution in [3.05, 3.63) is 59.7 Å². The predicted molar refractivity (Wildman–Crippen MR) is 103 cm³/mol. The molecule has 5 heteroatoms. The van der Waals surface area contributed by atoms with Crippen LogP contribution in [0.2, 0.25) is 0 Å². The highest BCUT2D eigenvalue weighted by Crippen LogP contribution is 2.30. The van der Waals surface area contributed by atoms with Gasteiger partial charge < -0.3 is 14.8 Å². The number of ketones is 1. The van der Waals surface area contributed by atoms with Crippen LogP contribution >= 0.6 is 0 Å². The van der Waals surface area contributed by atoms with Crippen molar-refractivity contribution in [2.75, 3.05) is 11.9 Å². The number of hydrogen-bond donors (Lipinski definition) is 1. The Morgan fingerprint density at radius 3 is 2.81 bits per heavy atom. The van der Waals surface area contributed by atoms with Gasteiger partial charge in [0.15, 0.2) is 12.4 Å². The largest absolute Gasteiger partial charge is 0.490 e. The van der Waals surface area contributed by atoms with E-state index in [1.165, 1.54) is 18.9 Å². The van der Waals surface area contributed by atoms with Gasteiger partial charge in [-0.2, -0.15) is 0 Å². The number of anilines is 1. The Bertz CT molecular complexity index is 897. The van der Waals surface area contributed by atoms with E-state index in [4.69, 9.17) is 9.47 Å². The molecule has 0 saturated heterocycles. The fourth-order valence-electron chi connectivity index (χ4n) is 3.41. The van der Waals surface area contributed by atoms with Crippen molar-refractivity contribution in [1.29, 1.82) is 0 Å². The number of nitrogens with one attached hydrogen (secondary N) is 1. The number of carbonyl (C=O) groups excluding carboxylic acids is 2. The quantitative estimate of drug-likeness (QED) is 0.638. The molecule has 0 atom stereocenters. The minimum atomic E-state index is -0.222. The number of amides is 1. The fraction of sp³-hybridized carbons (Fsp3) is 0.273. The number of carbonyl (C=O) groups is 2. The summed E-state index contributed by atoms with van der Waals surface area (Å²) in [6.07, 6.45) is 8.16. The molecule has 0 unspecified atom stereocenters. The second-order valence-electron chi connectivity index (χ2n) is 6.81. The first-order valence-corrected chi connectivity index (χ1v) is 9.24. The number of benzene rings is 2. The monoisotopic (exact) mass is 363 g/mol. The van der Waals surface area contributed by atoms with Crippen molar-refractivity contribution in [1.82, 2.24) is 0 Å². The molecule has 138 valence electrons. The van der Waals surface area contributed by atoms with Gasteiger partial charge in [-0.1, -0.05) is 18.2 Å². The molecule has 1 heterocycles. The summed E-state index contributed by atoms with van der Waals surface area (Å²) in [5.74, 6) is 1.01. The molecule has 5 nitrogen and oxygen atoms in total. The summed E-state index contributed by atoms with van der Waals surface area (Å²) >= 11 is 0. The maximum absolute atomic E-state index is 12.6. The zero-order valence-corrected chi connectivity index (χ0v) is 14.9. The molecule has 1 amide bonds. The molecule has 27 heavy (non-hydrogen) atoms. The lowest BCUT2D eigenvalue weighted by molar-refractivity contribution is -0.118. The predicted octanol–water partition coefficient (Wildman–Crippen LogP) is 4.24. The molecule has 2 aromatic carbocycles. The molecule has 1 aliphatic carbocycles. The number of allylic oxidation sites excluding steroid dienone is 1. The zero-order chi connectivity index (χ0) is 18.6. The molecular formula is C22H21NO4. The summed E-state index contributed by atoms with van der Waals surface area (Å²) in [6.45, 7) is -0.00201. The van der Waals surface area contributed by atoms with Crippen molar-refractivity contribution >= 4 is 23.5 Å². The second kappa shape index (κ2) is 7.66. The molecule has 1 N–H and O–H groups in total. The topological polar surface area (TPSA) is 64.6 Å². The van der Waals surface area contributed by atoms with Gasteiger partial charge in [0.2, 0.25) is 0 Å². The lowest BCUT2D eigenvalue weighted by Crippen LogP contribution is -2.25. The smallest absolute Gasteiger partial charge is 0.262 e. The average Bonchev–Trinajstić information content (AvgIpc) is 3.19. The number of rotatable bonds is 5. The van der Waals surface area contributed by atoms with Gasteiger partial charge in [0, 0.05) is 11.1 Å². The Labute approximate surface area is 158 Å². The van der Waals surface area contributed by atoms with Crippen LogP contribution in [0.25, 0.3) is 6.08 Å². The third-order valence-electron chi connectivity index (χ3n) is 4.83. The van der Waals surface area contributed by atoms with Crippen LogP contribution in [-0.4, -0.2) is 24.4 Å². The molecule has 2 aromatic rings. The van der Waals surface area contributed by atoms with Gasteiger partial charge in [-0.3, -0.25) is 9.59 Å². The minimum absolute atomic E-state index is 0.00201. The summed E-state index contributed by atoms with van der Waals surface area (Å²) < 4.78 is 11.4. The van der Waals surface area contributed by atoms with Gasteiger partial charge in [-0.05, 0) is 62.1 Å². The highest BCUT2D eigenvalue weighted by molar-refractivity contribution is 6.08. The van der Waals surface area contributed by atoms with Crippen LogP contribution in [0.4, 0.5) is 5.69 Å². The highest BCUT2D eigenvalue weighted by Gasteiger charge is 2.18. The van der Waals surface area contributed by atoms with Gasteiger partial charge >= 0.3 is 0 Å². The van der Waals surface area contributed by atoms with Crippen LogP contribution in [0.3, 0.4) is 0 Å². The van der Waals surface area contributed by atoms with Crippen LogP contribution in [0.5, 0.6) is 11.5 Å². The van der Waals surface area contributed by atoms with Crippen LogP contribution in [0.15, 0.2) is 48.5 Å². The van der Waals surface area contributed by atoms with Gasteiger partial charge in [-0.15, -0.1) is 0 Å². The number of para-hydroxylation sites is 1. The summed E-state index contributed by atoms with van der Waals surface area (Å²) in [5, 5.41) is 2.72. The Hall–Kier alpha value is -3.08. The average molecular weight is 363 g/mol. The first kappa shape index (κ1) is 17.3. The summed E-state index contributed by atoms with van der Waals surface area (Å²) in [6, 6.07) is 12.8. The van der Waals surface area contributed by atoms with E-state index in [1.54, 1.807) is 24.3 Å². The Kier molecular flexibility index (Phi) is 4.92. The first-order chi connectivity index (χ1) is 13.2. The lowest BCUT2D eigenvalue weighted by atomic mass is 10.1. The SMILES string of the molecule is O=C1COc2ccc(C(=O)C=Cc3ccccc3OC3CCCC3)cc2N1. The normalized spacial score (nSPS) is 16.7. The molecule has 1 saturated carbocycles. The maximum Gasteiger partial charge on any atom is 0.262 e. The van der Waals surface area contributed by atoms with Crippen molar-refractivity contribution in [2.24, 2.45) is 0 Å². The van der Waals surface area contributed by atoms with E-state index in [-0.39, 0.29) is 24.4 Å². The lowest BCUT2D eigenvalue weighted by Gasteiger charge is -2.18. The molecule has 1 fully saturated rings. The van der Waals surface area contributed by atoms with E-state index in [0.29, 0.717) is 17.0 Å². The highest BCUT2D eigenvalue weighted by atomic mass is 16.5. The molecule has 0 radical (unpaired) electrons. The van der Waals surface area contributed by atoms with Gasteiger partial charge in [0.25, 0.3) is 5.91 Å². The summed E-state index contributed by atoms with van der Waals surface area (Å²) in [4.78, 5) is 24.0. The van der Waals surface area contributed by atoms with Crippen LogP contribution in [0.1, 0.15) is 41.6 Å². The molecule has 4 rings (SSSR count). The summed E-state index contributed by atoms with van der Waals surface area (Å²) in [5.41, 5.74) is 1.90. The molecule has 0 aromatic heterocycles. The van der Waals surface area contributed by atoms with Crippen molar-refractivity contribution in [2.45, 2.75) is 31.8 Å². The molecule has 1 aliphatic heterocycles. The van der Waals surface area contributed by atoms with E-state index >= 15 is 0 Å². The van der Waals surface area contributed by atoms with Gasteiger partial charge in [0.05, 0.1) is 11.8 Å². The Morgan fingerprint density at radius 1 is 1.15 bits per heavy atom. The van der Waals surface area contributed by atoms with Gasteiger partial charge in [0.1, 0.15) is 11.5 Å².